The van der Waals surface area contributed by atoms with Gasteiger partial charge in [0.2, 0.25) is 0 Å². The van der Waals surface area contributed by atoms with Crippen LogP contribution in [0.15, 0.2) is 157 Å². The fourth-order valence-electron chi connectivity index (χ4n) is 7.24. The van der Waals surface area contributed by atoms with Gasteiger partial charge in [0.25, 0.3) is 0 Å². The summed E-state index contributed by atoms with van der Waals surface area (Å²) >= 11 is 1.88. The zero-order chi connectivity index (χ0) is 28.3. The van der Waals surface area contributed by atoms with Crippen LogP contribution in [0.4, 0.5) is 0 Å². The van der Waals surface area contributed by atoms with E-state index in [0.29, 0.717) is 5.92 Å². The lowest BCUT2D eigenvalue weighted by atomic mass is 9.79. The van der Waals surface area contributed by atoms with E-state index in [1.54, 1.807) is 0 Å². The molecule has 0 fully saturated rings. The summed E-state index contributed by atoms with van der Waals surface area (Å²) in [6, 6.07) is 42.9. The summed E-state index contributed by atoms with van der Waals surface area (Å²) in [5, 5.41) is 7.84. The second-order valence-electron chi connectivity index (χ2n) is 11.6. The molecule has 1 atom stereocenters. The molecule has 0 nitrogen and oxygen atoms in total. The Hall–Kier alpha value is -4.98. The van der Waals surface area contributed by atoms with Crippen molar-refractivity contribution in [3.63, 3.8) is 0 Å². The predicted molar refractivity (Wildman–Crippen MR) is 188 cm³/mol. The average Bonchev–Trinajstić information content (AvgIpc) is 3.45. The first-order valence-corrected chi connectivity index (χ1v) is 15.9. The first-order valence-electron chi connectivity index (χ1n) is 15.0. The lowest BCUT2D eigenvalue weighted by Gasteiger charge is -2.24. The maximum atomic E-state index is 2.41. The highest BCUT2D eigenvalue weighted by atomic mass is 32.1. The lowest BCUT2D eigenvalue weighted by molar-refractivity contribution is 0.785. The molecule has 0 spiro atoms. The maximum Gasteiger partial charge on any atom is 0.0355 e. The molecule has 1 unspecified atom stereocenters. The van der Waals surface area contributed by atoms with E-state index < -0.39 is 0 Å². The third-order valence-corrected chi connectivity index (χ3v) is 10.3. The third kappa shape index (κ3) is 3.89. The molecule has 43 heavy (non-hydrogen) atoms. The van der Waals surface area contributed by atoms with Crippen molar-refractivity contribution in [2.45, 2.75) is 6.42 Å². The molecular formula is C42H28S. The fourth-order valence-corrected chi connectivity index (χ4v) is 8.32. The molecule has 202 valence electrons. The molecule has 0 saturated heterocycles. The Morgan fingerprint density at radius 3 is 1.86 bits per heavy atom. The molecule has 1 aromatic heterocycles. The molecule has 1 heterocycles. The van der Waals surface area contributed by atoms with Gasteiger partial charge in [-0.2, -0.15) is 0 Å². The van der Waals surface area contributed by atoms with Crippen molar-refractivity contribution in [3.8, 4) is 22.3 Å². The van der Waals surface area contributed by atoms with Crippen LogP contribution in [-0.4, -0.2) is 0 Å². The van der Waals surface area contributed by atoms with Crippen molar-refractivity contribution in [1.82, 2.24) is 0 Å². The van der Waals surface area contributed by atoms with Crippen LogP contribution < -0.4 is 0 Å². The summed E-state index contributed by atoms with van der Waals surface area (Å²) in [4.78, 5) is 0. The molecule has 0 saturated carbocycles. The number of hydrogen-bond acceptors (Lipinski definition) is 1. The maximum absolute atomic E-state index is 2.41. The van der Waals surface area contributed by atoms with Crippen molar-refractivity contribution in [2.24, 2.45) is 5.92 Å². The zero-order valence-corrected chi connectivity index (χ0v) is 24.4. The topological polar surface area (TPSA) is 0 Å². The minimum atomic E-state index is 0.465. The molecule has 2 aliphatic rings. The molecule has 1 heteroatoms. The number of fused-ring (bicyclic) bond motifs is 6. The summed E-state index contributed by atoms with van der Waals surface area (Å²) in [6.45, 7) is 0. The van der Waals surface area contributed by atoms with Gasteiger partial charge >= 0.3 is 0 Å². The molecule has 0 N–H and O–H groups in total. The molecule has 0 radical (unpaired) electrons. The molecular weight excluding hydrogens is 537 g/mol. The van der Waals surface area contributed by atoms with Gasteiger partial charge in [0, 0.05) is 26.1 Å². The van der Waals surface area contributed by atoms with E-state index in [1.165, 1.54) is 80.7 Å². The minimum Gasteiger partial charge on any atom is -0.135 e. The smallest absolute Gasteiger partial charge is 0.0355 e. The molecule has 0 amide bonds. The van der Waals surface area contributed by atoms with Crippen LogP contribution in [0.2, 0.25) is 0 Å². The van der Waals surface area contributed by atoms with Crippen molar-refractivity contribution >= 4 is 58.6 Å². The number of hydrogen-bond donors (Lipinski definition) is 0. The Bertz CT molecular complexity index is 2320. The molecule has 2 aliphatic carbocycles. The van der Waals surface area contributed by atoms with E-state index in [1.807, 2.05) is 11.3 Å². The quantitative estimate of drug-likeness (QED) is 0.187. The number of allylic oxidation sites excluding steroid dienone is 8. The van der Waals surface area contributed by atoms with Gasteiger partial charge in [0.15, 0.2) is 0 Å². The number of thiophene rings is 1. The zero-order valence-electron chi connectivity index (χ0n) is 23.6. The van der Waals surface area contributed by atoms with E-state index in [2.05, 4.69) is 152 Å². The van der Waals surface area contributed by atoms with Gasteiger partial charge in [-0.15, -0.1) is 11.3 Å². The van der Waals surface area contributed by atoms with E-state index >= 15 is 0 Å². The first-order chi connectivity index (χ1) is 21.3. The average molecular weight is 565 g/mol. The molecule has 9 rings (SSSR count). The Labute approximate surface area is 255 Å². The summed E-state index contributed by atoms with van der Waals surface area (Å²) in [5.41, 5.74) is 9.18. The Kier molecular flexibility index (Phi) is 5.61. The van der Waals surface area contributed by atoms with Crippen molar-refractivity contribution in [2.75, 3.05) is 0 Å². The van der Waals surface area contributed by atoms with E-state index in [0.717, 1.165) is 6.42 Å². The van der Waals surface area contributed by atoms with Crippen LogP contribution in [0.5, 0.6) is 0 Å². The highest BCUT2D eigenvalue weighted by Crippen LogP contribution is 2.46. The van der Waals surface area contributed by atoms with Crippen LogP contribution in [-0.2, 0) is 0 Å². The summed E-state index contributed by atoms with van der Waals surface area (Å²) in [7, 11) is 0. The molecule has 0 bridgehead atoms. The van der Waals surface area contributed by atoms with Gasteiger partial charge in [-0.05, 0) is 91.2 Å². The Balaban J connectivity index is 1.29. The normalized spacial score (nSPS) is 16.1. The van der Waals surface area contributed by atoms with E-state index in [4.69, 9.17) is 0 Å². The third-order valence-electron chi connectivity index (χ3n) is 9.18. The van der Waals surface area contributed by atoms with Crippen LogP contribution in [0.1, 0.15) is 12.0 Å². The standard InChI is InChI=1S/C42H28S/c1-2-15-31-27(11-1)12-10-21-32(31)28-13-9-14-29(25-28)41-34-17-3-5-19-36(34)42(37-20-6-4-18-35(37)41)30-23-24-40-38(26-30)33-16-7-8-22-39(33)43-40/h1-10,12-27H,11H2. The second kappa shape index (κ2) is 9.80. The van der Waals surface area contributed by atoms with E-state index in [-0.39, 0.29) is 0 Å². The van der Waals surface area contributed by atoms with Crippen molar-refractivity contribution in [1.29, 1.82) is 0 Å². The van der Waals surface area contributed by atoms with Crippen LogP contribution in [0.25, 0.3) is 69.5 Å². The van der Waals surface area contributed by atoms with Gasteiger partial charge < -0.3 is 0 Å². The van der Waals surface area contributed by atoms with Gasteiger partial charge in [0.1, 0.15) is 0 Å². The van der Waals surface area contributed by atoms with Crippen molar-refractivity contribution < 1.29 is 0 Å². The van der Waals surface area contributed by atoms with Crippen LogP contribution >= 0.6 is 11.3 Å². The van der Waals surface area contributed by atoms with Gasteiger partial charge in [-0.25, -0.2) is 0 Å². The predicted octanol–water partition coefficient (Wildman–Crippen LogP) is 12.2. The number of rotatable bonds is 3. The highest BCUT2D eigenvalue weighted by molar-refractivity contribution is 7.25. The van der Waals surface area contributed by atoms with Crippen molar-refractivity contribution in [3.05, 3.63) is 163 Å². The SMILES string of the molecule is C1=CCC2C=CC=C(c3cccc(-c4c5ccccc5c(-c5ccc6sc7ccccc7c6c5)c5ccccc45)c3)C2=C1. The summed E-state index contributed by atoms with van der Waals surface area (Å²) in [6.07, 6.45) is 14.7. The summed E-state index contributed by atoms with van der Waals surface area (Å²) in [5.74, 6) is 0.465. The second-order valence-corrected chi connectivity index (χ2v) is 12.7. The first kappa shape index (κ1) is 24.6. The highest BCUT2D eigenvalue weighted by Gasteiger charge is 2.21. The number of benzene rings is 6. The Morgan fingerprint density at radius 2 is 1.12 bits per heavy atom. The van der Waals surface area contributed by atoms with Gasteiger partial charge in [-0.3, -0.25) is 0 Å². The van der Waals surface area contributed by atoms with Crippen LogP contribution in [0, 0.1) is 5.92 Å². The molecule has 6 aromatic carbocycles. The monoisotopic (exact) mass is 564 g/mol. The summed E-state index contributed by atoms with van der Waals surface area (Å²) < 4.78 is 2.68. The van der Waals surface area contributed by atoms with E-state index in [9.17, 15) is 0 Å². The molecule has 0 aliphatic heterocycles. The minimum absolute atomic E-state index is 0.465. The van der Waals surface area contributed by atoms with Gasteiger partial charge in [0.05, 0.1) is 0 Å². The Morgan fingerprint density at radius 1 is 0.488 bits per heavy atom. The fraction of sp³-hybridized carbons (Fsp3) is 0.0476. The lowest BCUT2D eigenvalue weighted by Crippen LogP contribution is -2.08. The van der Waals surface area contributed by atoms with Crippen LogP contribution in [0.3, 0.4) is 0 Å². The van der Waals surface area contributed by atoms with Gasteiger partial charge in [-0.1, -0.05) is 127 Å². The largest absolute Gasteiger partial charge is 0.135 e. The molecule has 7 aromatic rings.